The fourth-order valence-electron chi connectivity index (χ4n) is 1.53. The van der Waals surface area contributed by atoms with Gasteiger partial charge in [-0.05, 0) is 6.92 Å². The normalized spacial score (nSPS) is 29.0. The second-order valence-electron chi connectivity index (χ2n) is 3.63. The number of nitrogens with one attached hydrogen (secondary N) is 1. The summed E-state index contributed by atoms with van der Waals surface area (Å²) in [7, 11) is -2.24. The lowest BCUT2D eigenvalue weighted by Gasteiger charge is -2.26. The summed E-state index contributed by atoms with van der Waals surface area (Å²) in [4.78, 5) is 0. The van der Waals surface area contributed by atoms with Gasteiger partial charge in [-0.2, -0.15) is 9.57 Å². The van der Waals surface area contributed by atoms with Gasteiger partial charge in [-0.15, -0.1) is 0 Å². The van der Waals surface area contributed by atoms with Crippen LogP contribution in [0.1, 0.15) is 6.92 Å². The largest absolute Gasteiger partial charge is 0.390 e. The van der Waals surface area contributed by atoms with Crippen molar-refractivity contribution < 1.29 is 13.5 Å². The van der Waals surface area contributed by atoms with E-state index in [0.717, 1.165) is 4.31 Å². The van der Waals surface area contributed by atoms with Gasteiger partial charge < -0.3 is 10.4 Å². The van der Waals surface area contributed by atoms with Crippen LogP contribution in [-0.2, 0) is 10.0 Å². The van der Waals surface area contributed by atoms with Crippen LogP contribution in [0.2, 0.25) is 0 Å². The van der Waals surface area contributed by atoms with Crippen LogP contribution in [0.25, 0.3) is 0 Å². The summed E-state index contributed by atoms with van der Waals surface area (Å²) >= 11 is 0. The molecule has 0 bridgehead atoms. The number of nitriles is 1. The highest BCUT2D eigenvalue weighted by Gasteiger charge is 2.37. The van der Waals surface area contributed by atoms with Crippen LogP contribution in [0.15, 0.2) is 0 Å². The molecular formula is C8H15N3O3S. The fourth-order valence-corrected chi connectivity index (χ4v) is 2.75. The van der Waals surface area contributed by atoms with E-state index < -0.39 is 27.4 Å². The van der Waals surface area contributed by atoms with Crippen molar-refractivity contribution in [3.8, 4) is 6.07 Å². The zero-order valence-corrected chi connectivity index (χ0v) is 9.53. The number of aliphatic hydroxyl groups is 1. The highest BCUT2D eigenvalue weighted by Crippen LogP contribution is 2.15. The highest BCUT2D eigenvalue weighted by molar-refractivity contribution is 7.89. The SMILES string of the molecule is CC(C#N)S(=O)(=O)N(C)[C@H]1CNC[C@@H]1O. The third-order valence-corrected chi connectivity index (χ3v) is 4.72. The number of rotatable bonds is 3. The number of hydrogen-bond acceptors (Lipinski definition) is 5. The molecule has 2 N–H and O–H groups in total. The van der Waals surface area contributed by atoms with Gasteiger partial charge in [0.15, 0.2) is 5.25 Å². The first-order chi connectivity index (χ1) is 6.91. The lowest BCUT2D eigenvalue weighted by molar-refractivity contribution is 0.136. The van der Waals surface area contributed by atoms with Gasteiger partial charge in [-0.3, -0.25) is 0 Å². The second-order valence-corrected chi connectivity index (χ2v) is 5.94. The molecule has 0 radical (unpaired) electrons. The Kier molecular flexibility index (Phi) is 3.67. The molecule has 1 saturated heterocycles. The fraction of sp³-hybridized carbons (Fsp3) is 0.875. The lowest BCUT2D eigenvalue weighted by Crippen LogP contribution is -2.46. The van der Waals surface area contributed by atoms with E-state index in [-0.39, 0.29) is 0 Å². The molecule has 0 spiro atoms. The van der Waals surface area contributed by atoms with Crippen LogP contribution in [-0.4, -0.2) is 55.4 Å². The summed E-state index contributed by atoms with van der Waals surface area (Å²) in [5.41, 5.74) is 0. The molecule has 0 aromatic rings. The number of sulfonamides is 1. The number of likely N-dealkylation sites (N-methyl/N-ethyl adjacent to an activating group) is 1. The molecule has 15 heavy (non-hydrogen) atoms. The van der Waals surface area contributed by atoms with Gasteiger partial charge in [0.05, 0.1) is 18.2 Å². The predicted molar refractivity (Wildman–Crippen MR) is 54.4 cm³/mol. The molecule has 7 heteroatoms. The molecule has 1 fully saturated rings. The number of β-amino-alcohol motifs (C(OH)–C–C–N with tert-alkyl or cyclic N) is 1. The maximum absolute atomic E-state index is 11.8. The van der Waals surface area contributed by atoms with Crippen molar-refractivity contribution in [3.63, 3.8) is 0 Å². The summed E-state index contributed by atoms with van der Waals surface area (Å²) in [6, 6.07) is 1.21. The van der Waals surface area contributed by atoms with Gasteiger partial charge in [0.25, 0.3) is 0 Å². The Hall–Kier alpha value is -0.680. The molecule has 1 heterocycles. The minimum absolute atomic E-state index is 0.380. The Morgan fingerprint density at radius 2 is 2.20 bits per heavy atom. The van der Waals surface area contributed by atoms with E-state index in [1.165, 1.54) is 14.0 Å². The molecule has 1 aliphatic rings. The molecular weight excluding hydrogens is 218 g/mol. The maximum Gasteiger partial charge on any atom is 0.230 e. The summed E-state index contributed by atoms with van der Waals surface area (Å²) < 4.78 is 24.6. The summed E-state index contributed by atoms with van der Waals surface area (Å²) in [6.07, 6.45) is -0.712. The number of aliphatic hydroxyl groups excluding tert-OH is 1. The van der Waals surface area contributed by atoms with Crippen molar-refractivity contribution >= 4 is 10.0 Å². The van der Waals surface area contributed by atoms with Crippen LogP contribution in [0.5, 0.6) is 0 Å². The second kappa shape index (κ2) is 4.45. The van der Waals surface area contributed by atoms with Gasteiger partial charge >= 0.3 is 0 Å². The van der Waals surface area contributed by atoms with Crippen LogP contribution >= 0.6 is 0 Å². The maximum atomic E-state index is 11.8. The molecule has 0 aromatic carbocycles. The van der Waals surface area contributed by atoms with Crippen LogP contribution in [0, 0.1) is 11.3 Å². The van der Waals surface area contributed by atoms with E-state index in [9.17, 15) is 13.5 Å². The first-order valence-electron chi connectivity index (χ1n) is 4.66. The van der Waals surface area contributed by atoms with Crippen molar-refractivity contribution in [1.82, 2.24) is 9.62 Å². The third-order valence-electron chi connectivity index (χ3n) is 2.65. The Labute approximate surface area is 89.5 Å². The predicted octanol–water partition coefficient (Wildman–Crippen LogP) is -1.51. The third kappa shape index (κ3) is 2.29. The Bertz CT molecular complexity index is 362. The lowest BCUT2D eigenvalue weighted by atomic mass is 10.2. The standard InChI is InChI=1S/C8H15N3O3S/c1-6(3-9)15(13,14)11(2)7-4-10-5-8(7)12/h6-8,10,12H,4-5H2,1-2H3/t6?,7-,8-/m0/s1. The van der Waals surface area contributed by atoms with Gasteiger partial charge in [0, 0.05) is 20.1 Å². The smallest absolute Gasteiger partial charge is 0.230 e. The van der Waals surface area contributed by atoms with Crippen LogP contribution in [0.4, 0.5) is 0 Å². The van der Waals surface area contributed by atoms with Crippen molar-refractivity contribution in [2.45, 2.75) is 24.3 Å². The molecule has 86 valence electrons. The van der Waals surface area contributed by atoms with E-state index >= 15 is 0 Å². The van der Waals surface area contributed by atoms with Gasteiger partial charge in [0.1, 0.15) is 0 Å². The van der Waals surface area contributed by atoms with Gasteiger partial charge in [-0.25, -0.2) is 8.42 Å². The highest BCUT2D eigenvalue weighted by atomic mass is 32.2. The first-order valence-corrected chi connectivity index (χ1v) is 6.17. The summed E-state index contributed by atoms with van der Waals surface area (Å²) in [5, 5.41) is 19.9. The molecule has 3 atom stereocenters. The van der Waals surface area contributed by atoms with E-state index in [1.807, 2.05) is 0 Å². The quantitative estimate of drug-likeness (QED) is 0.618. The average Bonchev–Trinajstić information content (AvgIpc) is 2.61. The van der Waals surface area contributed by atoms with Crippen molar-refractivity contribution in [2.24, 2.45) is 0 Å². The van der Waals surface area contributed by atoms with E-state index in [0.29, 0.717) is 13.1 Å². The number of nitrogens with zero attached hydrogens (tertiary/aromatic N) is 2. The molecule has 0 aromatic heterocycles. The zero-order chi connectivity index (χ0) is 11.6. The first kappa shape index (κ1) is 12.4. The molecule has 6 nitrogen and oxygen atoms in total. The molecule has 1 aliphatic heterocycles. The molecule has 0 saturated carbocycles. The molecule has 1 unspecified atom stereocenters. The minimum atomic E-state index is -3.63. The van der Waals surface area contributed by atoms with E-state index in [2.05, 4.69) is 5.32 Å². The molecule has 0 aliphatic carbocycles. The van der Waals surface area contributed by atoms with Gasteiger partial charge in [0.2, 0.25) is 10.0 Å². The Morgan fingerprint density at radius 1 is 1.60 bits per heavy atom. The van der Waals surface area contributed by atoms with Crippen molar-refractivity contribution in [3.05, 3.63) is 0 Å². The average molecular weight is 233 g/mol. The molecule has 0 amide bonds. The summed E-state index contributed by atoms with van der Waals surface area (Å²) in [6.45, 7) is 2.13. The Morgan fingerprint density at radius 3 is 2.60 bits per heavy atom. The summed E-state index contributed by atoms with van der Waals surface area (Å²) in [5.74, 6) is 0. The zero-order valence-electron chi connectivity index (χ0n) is 8.71. The van der Waals surface area contributed by atoms with Crippen molar-refractivity contribution in [1.29, 1.82) is 5.26 Å². The van der Waals surface area contributed by atoms with E-state index in [1.54, 1.807) is 6.07 Å². The van der Waals surface area contributed by atoms with Crippen LogP contribution in [0.3, 0.4) is 0 Å². The monoisotopic (exact) mass is 233 g/mol. The minimum Gasteiger partial charge on any atom is -0.390 e. The van der Waals surface area contributed by atoms with Crippen LogP contribution < -0.4 is 5.32 Å². The number of hydrogen-bond donors (Lipinski definition) is 2. The Balaban J connectivity index is 2.85. The van der Waals surface area contributed by atoms with Crippen molar-refractivity contribution in [2.75, 3.05) is 20.1 Å². The topological polar surface area (TPSA) is 93.4 Å². The molecule has 1 rings (SSSR count). The van der Waals surface area contributed by atoms with Gasteiger partial charge in [-0.1, -0.05) is 0 Å². The van der Waals surface area contributed by atoms with E-state index in [4.69, 9.17) is 5.26 Å².